The summed E-state index contributed by atoms with van der Waals surface area (Å²) in [5, 5.41) is 1.23. The quantitative estimate of drug-likeness (QED) is 0.201. The zero-order valence-corrected chi connectivity index (χ0v) is 21.6. The molecule has 6 rings (SSSR count). The first-order valence-corrected chi connectivity index (χ1v) is 12.9. The SMILES string of the molecule is C[n+]1c(-c2c(-c3ccccc3)cc(-c3ccc(Br)cc3)cc2-c2ccccc2)ccc2ccccc21. The van der Waals surface area contributed by atoms with Gasteiger partial charge in [0.15, 0.2) is 0 Å². The fraction of sp³-hybridized carbons (Fsp3) is 0.0294. The number of nitrogens with zero attached hydrogens (tertiary/aromatic N) is 1. The fourth-order valence-electron chi connectivity index (χ4n) is 5.01. The van der Waals surface area contributed by atoms with E-state index in [2.05, 4.69) is 161 Å². The number of halogens is 1. The molecule has 0 atom stereocenters. The molecule has 0 aliphatic rings. The molecule has 0 radical (unpaired) electrons. The van der Waals surface area contributed by atoms with E-state index in [-0.39, 0.29) is 0 Å². The smallest absolute Gasteiger partial charge is 0.194 e. The van der Waals surface area contributed by atoms with Crippen molar-refractivity contribution in [2.24, 2.45) is 7.05 Å². The minimum absolute atomic E-state index is 1.08. The van der Waals surface area contributed by atoms with Crippen molar-refractivity contribution < 1.29 is 4.57 Å². The molecule has 5 aromatic carbocycles. The van der Waals surface area contributed by atoms with E-state index >= 15 is 0 Å². The summed E-state index contributed by atoms with van der Waals surface area (Å²) in [4.78, 5) is 0. The lowest BCUT2D eigenvalue weighted by Gasteiger charge is -2.18. The number of pyridine rings is 1. The highest BCUT2D eigenvalue weighted by molar-refractivity contribution is 9.10. The number of aromatic nitrogens is 1. The van der Waals surface area contributed by atoms with Gasteiger partial charge in [-0.1, -0.05) is 101 Å². The van der Waals surface area contributed by atoms with Crippen LogP contribution in [0.15, 0.2) is 138 Å². The largest absolute Gasteiger partial charge is 0.214 e. The average Bonchev–Trinajstić information content (AvgIpc) is 2.94. The summed E-state index contributed by atoms with van der Waals surface area (Å²) in [6.45, 7) is 0. The van der Waals surface area contributed by atoms with Crippen LogP contribution >= 0.6 is 15.9 Å². The molecule has 0 saturated heterocycles. The van der Waals surface area contributed by atoms with E-state index in [9.17, 15) is 0 Å². The minimum Gasteiger partial charge on any atom is -0.194 e. The summed E-state index contributed by atoms with van der Waals surface area (Å²) in [6.07, 6.45) is 0. The van der Waals surface area contributed by atoms with Gasteiger partial charge < -0.3 is 0 Å². The normalized spacial score (nSPS) is 11.1. The van der Waals surface area contributed by atoms with E-state index in [1.54, 1.807) is 0 Å². The molecule has 0 amide bonds. The van der Waals surface area contributed by atoms with E-state index in [1.807, 2.05) is 0 Å². The molecule has 0 fully saturated rings. The Morgan fingerprint density at radius 3 is 1.67 bits per heavy atom. The molecule has 6 aromatic rings. The van der Waals surface area contributed by atoms with Gasteiger partial charge in [-0.15, -0.1) is 0 Å². The number of hydrogen-bond donors (Lipinski definition) is 0. The average molecular weight is 527 g/mol. The second kappa shape index (κ2) is 9.56. The molecule has 0 spiro atoms. The summed E-state index contributed by atoms with van der Waals surface area (Å²) >= 11 is 3.59. The molecule has 0 N–H and O–H groups in total. The Labute approximate surface area is 220 Å². The van der Waals surface area contributed by atoms with Gasteiger partial charge in [0.05, 0.1) is 5.56 Å². The summed E-state index contributed by atoms with van der Waals surface area (Å²) in [7, 11) is 2.17. The number of benzene rings is 5. The van der Waals surface area contributed by atoms with Crippen molar-refractivity contribution >= 4 is 26.8 Å². The van der Waals surface area contributed by atoms with E-state index in [1.165, 1.54) is 55.5 Å². The second-order valence-electron chi connectivity index (χ2n) is 9.02. The van der Waals surface area contributed by atoms with Crippen LogP contribution in [0.2, 0.25) is 0 Å². The molecular formula is C34H25BrN+. The lowest BCUT2D eigenvalue weighted by Crippen LogP contribution is -2.32. The number of para-hydroxylation sites is 1. The van der Waals surface area contributed by atoms with Gasteiger partial charge in [0.25, 0.3) is 0 Å². The van der Waals surface area contributed by atoms with Crippen LogP contribution in [0.3, 0.4) is 0 Å². The highest BCUT2D eigenvalue weighted by Crippen LogP contribution is 2.42. The molecule has 0 saturated carbocycles. The van der Waals surface area contributed by atoms with Gasteiger partial charge in [-0.3, -0.25) is 0 Å². The molecule has 172 valence electrons. The van der Waals surface area contributed by atoms with Crippen LogP contribution in [0.5, 0.6) is 0 Å². The van der Waals surface area contributed by atoms with Gasteiger partial charge >= 0.3 is 0 Å². The predicted molar refractivity (Wildman–Crippen MR) is 155 cm³/mol. The van der Waals surface area contributed by atoms with E-state index < -0.39 is 0 Å². The highest BCUT2D eigenvalue weighted by Gasteiger charge is 2.23. The van der Waals surface area contributed by atoms with Crippen molar-refractivity contribution in [1.29, 1.82) is 0 Å². The van der Waals surface area contributed by atoms with Crippen LogP contribution in [0.1, 0.15) is 0 Å². The molecule has 0 bridgehead atoms. The van der Waals surface area contributed by atoms with Crippen LogP contribution in [0.25, 0.3) is 55.5 Å². The predicted octanol–water partition coefficient (Wildman–Crippen LogP) is 9.09. The molecule has 0 aliphatic heterocycles. The first kappa shape index (κ1) is 22.5. The molecule has 2 heteroatoms. The molecule has 0 unspecified atom stereocenters. The molecule has 36 heavy (non-hydrogen) atoms. The minimum atomic E-state index is 1.08. The van der Waals surface area contributed by atoms with Gasteiger partial charge in [0.1, 0.15) is 7.05 Å². The summed E-state index contributed by atoms with van der Waals surface area (Å²) in [6, 6.07) is 47.8. The summed E-state index contributed by atoms with van der Waals surface area (Å²) in [5.74, 6) is 0. The Morgan fingerprint density at radius 2 is 1.06 bits per heavy atom. The monoisotopic (exact) mass is 526 g/mol. The lowest BCUT2D eigenvalue weighted by molar-refractivity contribution is -0.633. The Morgan fingerprint density at radius 1 is 0.500 bits per heavy atom. The topological polar surface area (TPSA) is 3.88 Å². The van der Waals surface area contributed by atoms with Crippen LogP contribution in [0.4, 0.5) is 0 Å². The van der Waals surface area contributed by atoms with E-state index in [4.69, 9.17) is 0 Å². The molecule has 1 aromatic heterocycles. The standard InChI is InChI=1S/C34H25BrN/c1-36-32-15-9-8-14-27(32)18-21-33(36)34-30(25-10-4-2-5-11-25)22-28(24-16-19-29(35)20-17-24)23-31(34)26-12-6-3-7-13-26/h2-23H,1H3/q+1. The summed E-state index contributed by atoms with van der Waals surface area (Å²) in [5.41, 5.74) is 10.9. The van der Waals surface area contributed by atoms with E-state index in [0.29, 0.717) is 0 Å². The number of fused-ring (bicyclic) bond motifs is 1. The zero-order valence-electron chi connectivity index (χ0n) is 20.0. The van der Waals surface area contributed by atoms with Crippen LogP contribution < -0.4 is 4.57 Å². The number of rotatable bonds is 4. The van der Waals surface area contributed by atoms with Gasteiger partial charge in [-0.05, 0) is 69.8 Å². The summed E-state index contributed by atoms with van der Waals surface area (Å²) < 4.78 is 3.40. The molecular weight excluding hydrogens is 502 g/mol. The highest BCUT2D eigenvalue weighted by atomic mass is 79.9. The van der Waals surface area contributed by atoms with Crippen molar-refractivity contribution in [3.8, 4) is 44.6 Å². The third-order valence-electron chi connectivity index (χ3n) is 6.82. The number of aryl methyl sites for hydroxylation is 1. The fourth-order valence-corrected chi connectivity index (χ4v) is 5.28. The molecule has 0 aliphatic carbocycles. The van der Waals surface area contributed by atoms with Crippen LogP contribution in [-0.4, -0.2) is 0 Å². The maximum absolute atomic E-state index is 3.59. The Kier molecular flexibility index (Phi) is 5.96. The second-order valence-corrected chi connectivity index (χ2v) is 9.94. The maximum atomic E-state index is 3.59. The maximum Gasteiger partial charge on any atom is 0.214 e. The number of hydrogen-bond acceptors (Lipinski definition) is 0. The first-order valence-electron chi connectivity index (χ1n) is 12.1. The van der Waals surface area contributed by atoms with Crippen molar-refractivity contribution in [3.05, 3.63) is 138 Å². The van der Waals surface area contributed by atoms with Crippen molar-refractivity contribution in [1.82, 2.24) is 0 Å². The van der Waals surface area contributed by atoms with Gasteiger partial charge in [0, 0.05) is 22.0 Å². The van der Waals surface area contributed by atoms with Crippen molar-refractivity contribution in [3.63, 3.8) is 0 Å². The van der Waals surface area contributed by atoms with Crippen molar-refractivity contribution in [2.45, 2.75) is 0 Å². The van der Waals surface area contributed by atoms with Crippen molar-refractivity contribution in [2.75, 3.05) is 0 Å². The third-order valence-corrected chi connectivity index (χ3v) is 7.35. The van der Waals surface area contributed by atoms with Gasteiger partial charge in [0.2, 0.25) is 11.2 Å². The molecule has 1 nitrogen and oxygen atoms in total. The Bertz CT molecular complexity index is 1610. The van der Waals surface area contributed by atoms with Gasteiger partial charge in [-0.2, -0.15) is 4.57 Å². The van der Waals surface area contributed by atoms with Crippen LogP contribution in [-0.2, 0) is 7.05 Å². The van der Waals surface area contributed by atoms with Crippen LogP contribution in [0, 0.1) is 0 Å². The Balaban J connectivity index is 1.73. The lowest BCUT2D eigenvalue weighted by atomic mass is 9.86. The third kappa shape index (κ3) is 4.14. The van der Waals surface area contributed by atoms with E-state index in [0.717, 1.165) is 4.47 Å². The van der Waals surface area contributed by atoms with Gasteiger partial charge in [-0.25, -0.2) is 0 Å². The molecule has 1 heterocycles. The first-order chi connectivity index (χ1) is 17.7. The Hall–Kier alpha value is -4.01. The zero-order chi connectivity index (χ0) is 24.5.